The number of amides is 1. The average Bonchev–Trinajstić information content (AvgIpc) is 1.97. The SMILES string of the molecule is C=C(C)COC(CC)NC([O])=O. The molecule has 0 aromatic carbocycles. The van der Waals surface area contributed by atoms with Gasteiger partial charge in [-0.3, -0.25) is 5.32 Å². The highest BCUT2D eigenvalue weighted by Gasteiger charge is 2.09. The van der Waals surface area contributed by atoms with Gasteiger partial charge in [0.15, 0.2) is 0 Å². The van der Waals surface area contributed by atoms with Gasteiger partial charge in [-0.1, -0.05) is 19.1 Å². The van der Waals surface area contributed by atoms with Gasteiger partial charge in [0.1, 0.15) is 6.23 Å². The first-order chi connectivity index (χ1) is 5.56. The van der Waals surface area contributed by atoms with Gasteiger partial charge in [0.05, 0.1) is 6.61 Å². The van der Waals surface area contributed by atoms with Crippen molar-refractivity contribution in [2.45, 2.75) is 26.5 Å². The first kappa shape index (κ1) is 11.0. The number of nitrogens with one attached hydrogen (secondary N) is 1. The van der Waals surface area contributed by atoms with Crippen LogP contribution in [0.4, 0.5) is 4.79 Å². The summed E-state index contributed by atoms with van der Waals surface area (Å²) < 4.78 is 5.13. The van der Waals surface area contributed by atoms with Gasteiger partial charge < -0.3 is 4.74 Å². The van der Waals surface area contributed by atoms with Crippen LogP contribution in [0.3, 0.4) is 0 Å². The molecule has 4 nitrogen and oxygen atoms in total. The minimum absolute atomic E-state index is 0.360. The fourth-order valence-electron chi connectivity index (χ4n) is 0.636. The summed E-state index contributed by atoms with van der Waals surface area (Å²) >= 11 is 0. The van der Waals surface area contributed by atoms with Crippen molar-refractivity contribution in [3.8, 4) is 0 Å². The monoisotopic (exact) mass is 172 g/mol. The number of rotatable bonds is 5. The third-order valence-electron chi connectivity index (χ3n) is 1.18. The van der Waals surface area contributed by atoms with Crippen molar-refractivity contribution in [3.63, 3.8) is 0 Å². The second-order valence-electron chi connectivity index (χ2n) is 2.60. The van der Waals surface area contributed by atoms with Crippen LogP contribution in [0.2, 0.25) is 0 Å². The molecule has 1 atom stereocenters. The first-order valence-corrected chi connectivity index (χ1v) is 3.79. The molecule has 0 aliphatic carbocycles. The molecule has 0 bridgehead atoms. The van der Waals surface area contributed by atoms with Crippen molar-refractivity contribution in [2.24, 2.45) is 0 Å². The van der Waals surface area contributed by atoms with Crippen LogP contribution in [0.1, 0.15) is 20.3 Å². The van der Waals surface area contributed by atoms with Gasteiger partial charge in [0.25, 0.3) is 0 Å². The molecule has 0 aliphatic rings. The summed E-state index contributed by atoms with van der Waals surface area (Å²) in [6.45, 7) is 7.61. The smallest absolute Gasteiger partial charge is 0.354 e. The zero-order chi connectivity index (χ0) is 9.56. The molecule has 0 aromatic heterocycles. The van der Waals surface area contributed by atoms with Gasteiger partial charge in [-0.15, -0.1) is 0 Å². The number of hydrogen-bond donors (Lipinski definition) is 1. The molecule has 1 unspecified atom stereocenters. The molecule has 0 spiro atoms. The van der Waals surface area contributed by atoms with Crippen molar-refractivity contribution >= 4 is 6.09 Å². The van der Waals surface area contributed by atoms with Gasteiger partial charge in [-0.2, -0.15) is 0 Å². The normalized spacial score (nSPS) is 12.2. The molecule has 69 valence electrons. The molecule has 0 saturated carbocycles. The van der Waals surface area contributed by atoms with E-state index in [1.165, 1.54) is 0 Å². The summed E-state index contributed by atoms with van der Waals surface area (Å²) in [6.07, 6.45) is -1.24. The van der Waals surface area contributed by atoms with E-state index in [1.54, 1.807) is 0 Å². The molecule has 0 aliphatic heterocycles. The van der Waals surface area contributed by atoms with Gasteiger partial charge >= 0.3 is 6.09 Å². The van der Waals surface area contributed by atoms with E-state index < -0.39 is 12.3 Å². The van der Waals surface area contributed by atoms with Gasteiger partial charge in [0, 0.05) is 0 Å². The number of carbonyl (C=O) groups excluding carboxylic acids is 1. The highest BCUT2D eigenvalue weighted by atomic mass is 16.5. The first-order valence-electron chi connectivity index (χ1n) is 3.79. The highest BCUT2D eigenvalue weighted by Crippen LogP contribution is 1.97. The van der Waals surface area contributed by atoms with E-state index >= 15 is 0 Å². The van der Waals surface area contributed by atoms with Crippen LogP contribution in [0.15, 0.2) is 12.2 Å². The summed E-state index contributed by atoms with van der Waals surface area (Å²) in [7, 11) is 0. The van der Waals surface area contributed by atoms with E-state index in [9.17, 15) is 9.90 Å². The van der Waals surface area contributed by atoms with Gasteiger partial charge in [-0.25, -0.2) is 9.90 Å². The van der Waals surface area contributed by atoms with Crippen LogP contribution in [0.5, 0.6) is 0 Å². The van der Waals surface area contributed by atoms with Crippen LogP contribution >= 0.6 is 0 Å². The van der Waals surface area contributed by atoms with E-state index in [2.05, 4.69) is 11.9 Å². The lowest BCUT2D eigenvalue weighted by Gasteiger charge is -2.14. The Balaban J connectivity index is 3.67. The maximum atomic E-state index is 10.1. The van der Waals surface area contributed by atoms with E-state index in [4.69, 9.17) is 4.74 Å². The van der Waals surface area contributed by atoms with E-state index in [0.29, 0.717) is 13.0 Å². The maximum absolute atomic E-state index is 10.1. The lowest BCUT2D eigenvalue weighted by atomic mass is 10.4. The Morgan fingerprint density at radius 1 is 1.67 bits per heavy atom. The molecule has 1 radical (unpaired) electrons. The standard InChI is InChI=1S/C8H14NO3/c1-4-7(9-8(10)11)12-5-6(2)3/h7,9H,2,4-5H2,1,3H3. The van der Waals surface area contributed by atoms with Crippen LogP contribution in [-0.2, 0) is 9.84 Å². The molecule has 12 heavy (non-hydrogen) atoms. The van der Waals surface area contributed by atoms with Crippen LogP contribution < -0.4 is 5.32 Å². The zero-order valence-electron chi connectivity index (χ0n) is 7.42. The van der Waals surface area contributed by atoms with Crippen LogP contribution in [0.25, 0.3) is 0 Å². The Morgan fingerprint density at radius 2 is 2.25 bits per heavy atom. The van der Waals surface area contributed by atoms with Crippen molar-refractivity contribution in [1.29, 1.82) is 0 Å². The van der Waals surface area contributed by atoms with Gasteiger partial charge in [-0.05, 0) is 13.3 Å². The van der Waals surface area contributed by atoms with E-state index in [1.807, 2.05) is 13.8 Å². The molecule has 0 rings (SSSR count). The molecule has 1 amide bonds. The summed E-state index contributed by atoms with van der Waals surface area (Å²) in [5, 5.41) is 12.2. The van der Waals surface area contributed by atoms with Gasteiger partial charge in [0.2, 0.25) is 0 Å². The number of carbonyl (C=O) groups is 1. The van der Waals surface area contributed by atoms with Crippen molar-refractivity contribution < 1.29 is 14.6 Å². The molecule has 0 saturated heterocycles. The zero-order valence-corrected chi connectivity index (χ0v) is 7.42. The Labute approximate surface area is 72.2 Å². The minimum atomic E-state index is -1.32. The quantitative estimate of drug-likeness (QED) is 0.504. The third kappa shape index (κ3) is 5.73. The second-order valence-corrected chi connectivity index (χ2v) is 2.60. The molecule has 1 N–H and O–H groups in total. The third-order valence-corrected chi connectivity index (χ3v) is 1.18. The largest absolute Gasteiger partial charge is 0.452 e. The summed E-state index contributed by atoms with van der Waals surface area (Å²) in [4.78, 5) is 10.1. The lowest BCUT2D eigenvalue weighted by Crippen LogP contribution is -2.35. The summed E-state index contributed by atoms with van der Waals surface area (Å²) in [6, 6.07) is 0. The molecule has 0 heterocycles. The Hall–Kier alpha value is -1.03. The lowest BCUT2D eigenvalue weighted by molar-refractivity contribution is 0.0388. The Kier molecular flexibility index (Phi) is 5.12. The number of ether oxygens (including phenoxy) is 1. The fraction of sp³-hybridized carbons (Fsp3) is 0.625. The second kappa shape index (κ2) is 5.60. The van der Waals surface area contributed by atoms with Crippen molar-refractivity contribution in [3.05, 3.63) is 12.2 Å². The highest BCUT2D eigenvalue weighted by molar-refractivity contribution is 5.64. The molecule has 0 aromatic rings. The predicted molar refractivity (Wildman–Crippen MR) is 44.1 cm³/mol. The molecular weight excluding hydrogens is 158 g/mol. The molecule has 0 fully saturated rings. The van der Waals surface area contributed by atoms with Crippen LogP contribution in [0, 0.1) is 0 Å². The van der Waals surface area contributed by atoms with E-state index in [-0.39, 0.29) is 0 Å². The summed E-state index contributed by atoms with van der Waals surface area (Å²) in [5.41, 5.74) is 0.855. The average molecular weight is 172 g/mol. The van der Waals surface area contributed by atoms with Crippen molar-refractivity contribution in [2.75, 3.05) is 6.61 Å². The van der Waals surface area contributed by atoms with Crippen LogP contribution in [-0.4, -0.2) is 18.9 Å². The predicted octanol–water partition coefficient (Wildman–Crippen LogP) is 1.46. The van der Waals surface area contributed by atoms with E-state index in [0.717, 1.165) is 5.57 Å². The topological polar surface area (TPSA) is 58.2 Å². The maximum Gasteiger partial charge on any atom is 0.452 e. The fourth-order valence-corrected chi connectivity index (χ4v) is 0.636. The van der Waals surface area contributed by atoms with Crippen molar-refractivity contribution in [1.82, 2.24) is 5.32 Å². The molecule has 4 heteroatoms. The minimum Gasteiger partial charge on any atom is -0.354 e. The Morgan fingerprint density at radius 3 is 2.58 bits per heavy atom. The molecular formula is C8H14NO3. The number of hydrogen-bond acceptors (Lipinski definition) is 2. The Bertz CT molecular complexity index is 168. The summed E-state index contributed by atoms with van der Waals surface area (Å²) in [5.74, 6) is 0.